The predicted octanol–water partition coefficient (Wildman–Crippen LogP) is 3.19. The van der Waals surface area contributed by atoms with E-state index in [0.717, 1.165) is 0 Å². The Morgan fingerprint density at radius 2 is 1.95 bits per heavy atom. The molecule has 1 aromatic carbocycles. The summed E-state index contributed by atoms with van der Waals surface area (Å²) in [5.74, 6) is -1.28. The highest BCUT2D eigenvalue weighted by molar-refractivity contribution is 5.93. The van der Waals surface area contributed by atoms with Gasteiger partial charge in [-0.15, -0.1) is 0 Å². The molecule has 1 heterocycles. The second kappa shape index (κ2) is 5.47. The van der Waals surface area contributed by atoms with E-state index in [0.29, 0.717) is 0 Å². The number of hydrogen-bond donors (Lipinski definition) is 2. The van der Waals surface area contributed by atoms with Crippen molar-refractivity contribution in [3.05, 3.63) is 41.8 Å². The molecule has 110 valence electrons. The molecular formula is C15H16FN3O2. The van der Waals surface area contributed by atoms with Crippen LogP contribution in [0.2, 0.25) is 0 Å². The van der Waals surface area contributed by atoms with Gasteiger partial charge in [-0.3, -0.25) is 0 Å². The fraction of sp³-hybridized carbons (Fsp3) is 0.267. The van der Waals surface area contributed by atoms with E-state index in [-0.39, 0.29) is 28.3 Å². The zero-order valence-electron chi connectivity index (χ0n) is 12.0. The summed E-state index contributed by atoms with van der Waals surface area (Å²) in [4.78, 5) is 19.3. The Balaban J connectivity index is 2.54. The molecule has 5 nitrogen and oxygen atoms in total. The highest BCUT2D eigenvalue weighted by Gasteiger charge is 2.19. The van der Waals surface area contributed by atoms with Crippen molar-refractivity contribution in [1.82, 2.24) is 9.97 Å². The number of aromatic nitrogens is 2. The Bertz CT molecular complexity index is 681. The number of nitrogens with zero attached hydrogens (tertiary/aromatic N) is 2. The molecule has 0 aliphatic rings. The standard InChI is InChI=1S/C15H16FN3O2/c1-15(2,3)19-13-10(14(20)21)8-17-12(18-13)9-6-4-5-7-11(9)16/h4-8H,1-3H3,(H,20,21)(H,17,18,19). The van der Waals surface area contributed by atoms with Crippen LogP contribution in [0.15, 0.2) is 30.5 Å². The summed E-state index contributed by atoms with van der Waals surface area (Å²) in [7, 11) is 0. The summed E-state index contributed by atoms with van der Waals surface area (Å²) >= 11 is 0. The Morgan fingerprint density at radius 1 is 1.29 bits per heavy atom. The van der Waals surface area contributed by atoms with Crippen molar-refractivity contribution < 1.29 is 14.3 Å². The minimum Gasteiger partial charge on any atom is -0.477 e. The third kappa shape index (κ3) is 3.53. The fourth-order valence-electron chi connectivity index (χ4n) is 1.76. The van der Waals surface area contributed by atoms with Crippen molar-refractivity contribution in [3.8, 4) is 11.4 Å². The summed E-state index contributed by atoms with van der Waals surface area (Å²) in [5.41, 5.74) is -0.207. The third-order valence-corrected chi connectivity index (χ3v) is 2.63. The lowest BCUT2D eigenvalue weighted by molar-refractivity contribution is 0.0697. The van der Waals surface area contributed by atoms with E-state index in [1.54, 1.807) is 18.2 Å². The molecule has 0 aliphatic heterocycles. The van der Waals surface area contributed by atoms with E-state index in [1.807, 2.05) is 20.8 Å². The second-order valence-corrected chi connectivity index (χ2v) is 5.62. The number of rotatable bonds is 3. The number of benzene rings is 1. The minimum absolute atomic E-state index is 0.0509. The van der Waals surface area contributed by atoms with Crippen LogP contribution < -0.4 is 5.32 Å². The van der Waals surface area contributed by atoms with Crippen LogP contribution in [0, 0.1) is 5.82 Å². The van der Waals surface area contributed by atoms with Gasteiger partial charge >= 0.3 is 5.97 Å². The number of carboxylic acids is 1. The van der Waals surface area contributed by atoms with Gasteiger partial charge in [0.1, 0.15) is 17.2 Å². The molecule has 21 heavy (non-hydrogen) atoms. The summed E-state index contributed by atoms with van der Waals surface area (Å²) in [6, 6.07) is 6.09. The first-order valence-electron chi connectivity index (χ1n) is 6.41. The van der Waals surface area contributed by atoms with E-state index in [4.69, 9.17) is 0 Å². The van der Waals surface area contributed by atoms with Gasteiger partial charge in [-0.05, 0) is 32.9 Å². The largest absolute Gasteiger partial charge is 0.477 e. The SMILES string of the molecule is CC(C)(C)Nc1nc(-c2ccccc2F)ncc1C(=O)O. The van der Waals surface area contributed by atoms with Crippen LogP contribution in [0.5, 0.6) is 0 Å². The average molecular weight is 289 g/mol. The van der Waals surface area contributed by atoms with Gasteiger partial charge in [-0.2, -0.15) is 0 Å². The Kier molecular flexibility index (Phi) is 3.88. The molecule has 0 unspecified atom stereocenters. The smallest absolute Gasteiger partial charge is 0.341 e. The van der Waals surface area contributed by atoms with Crippen molar-refractivity contribution in [2.45, 2.75) is 26.3 Å². The summed E-state index contributed by atoms with van der Waals surface area (Å²) in [5, 5.41) is 12.2. The third-order valence-electron chi connectivity index (χ3n) is 2.63. The van der Waals surface area contributed by atoms with Gasteiger partial charge < -0.3 is 10.4 Å². The molecule has 2 N–H and O–H groups in total. The van der Waals surface area contributed by atoms with Crippen LogP contribution in [-0.4, -0.2) is 26.6 Å². The zero-order chi connectivity index (χ0) is 15.6. The van der Waals surface area contributed by atoms with Crippen molar-refractivity contribution >= 4 is 11.8 Å². The monoisotopic (exact) mass is 289 g/mol. The van der Waals surface area contributed by atoms with Gasteiger partial charge in [0, 0.05) is 11.7 Å². The average Bonchev–Trinajstić information content (AvgIpc) is 2.37. The maximum Gasteiger partial charge on any atom is 0.341 e. The van der Waals surface area contributed by atoms with Gasteiger partial charge in [0.15, 0.2) is 5.82 Å². The molecule has 0 radical (unpaired) electrons. The molecular weight excluding hydrogens is 273 g/mol. The Hall–Kier alpha value is -2.50. The highest BCUT2D eigenvalue weighted by Crippen LogP contribution is 2.23. The maximum atomic E-state index is 13.8. The first-order chi connectivity index (χ1) is 9.78. The molecule has 2 rings (SSSR count). The van der Waals surface area contributed by atoms with Crippen molar-refractivity contribution in [2.75, 3.05) is 5.32 Å². The highest BCUT2D eigenvalue weighted by atomic mass is 19.1. The quantitative estimate of drug-likeness (QED) is 0.907. The maximum absolute atomic E-state index is 13.8. The number of anilines is 1. The number of halogens is 1. The molecule has 0 saturated heterocycles. The number of carbonyl (C=O) groups is 1. The zero-order valence-corrected chi connectivity index (χ0v) is 12.0. The number of carboxylic acid groups (broad SMARTS) is 1. The summed E-state index contributed by atoms with van der Waals surface area (Å²) in [6.45, 7) is 5.64. The molecule has 0 atom stereocenters. The van der Waals surface area contributed by atoms with Crippen LogP contribution in [-0.2, 0) is 0 Å². The van der Waals surface area contributed by atoms with E-state index >= 15 is 0 Å². The van der Waals surface area contributed by atoms with Gasteiger partial charge in [0.2, 0.25) is 0 Å². The minimum atomic E-state index is -1.14. The second-order valence-electron chi connectivity index (χ2n) is 5.62. The van der Waals surface area contributed by atoms with Crippen LogP contribution in [0.3, 0.4) is 0 Å². The van der Waals surface area contributed by atoms with Crippen LogP contribution in [0.4, 0.5) is 10.2 Å². The lowest BCUT2D eigenvalue weighted by Gasteiger charge is -2.22. The van der Waals surface area contributed by atoms with Gasteiger partial charge in [0.05, 0.1) is 5.56 Å². The number of hydrogen-bond acceptors (Lipinski definition) is 4. The van der Waals surface area contributed by atoms with Crippen LogP contribution in [0.25, 0.3) is 11.4 Å². The first kappa shape index (κ1) is 14.9. The van der Waals surface area contributed by atoms with E-state index < -0.39 is 11.8 Å². The predicted molar refractivity (Wildman–Crippen MR) is 77.8 cm³/mol. The van der Waals surface area contributed by atoms with Crippen LogP contribution in [0.1, 0.15) is 31.1 Å². The van der Waals surface area contributed by atoms with Gasteiger partial charge in [-0.25, -0.2) is 19.2 Å². The normalized spacial score (nSPS) is 11.2. The van der Waals surface area contributed by atoms with Gasteiger partial charge in [0.25, 0.3) is 0 Å². The molecule has 0 spiro atoms. The number of nitrogens with one attached hydrogen (secondary N) is 1. The Labute approximate surface area is 121 Å². The lowest BCUT2D eigenvalue weighted by Crippen LogP contribution is -2.28. The summed E-state index contributed by atoms with van der Waals surface area (Å²) in [6.07, 6.45) is 1.19. The molecule has 0 aliphatic carbocycles. The fourth-order valence-corrected chi connectivity index (χ4v) is 1.76. The first-order valence-corrected chi connectivity index (χ1v) is 6.41. The van der Waals surface area contributed by atoms with E-state index in [1.165, 1.54) is 12.3 Å². The van der Waals surface area contributed by atoms with Crippen LogP contribution >= 0.6 is 0 Å². The summed E-state index contributed by atoms with van der Waals surface area (Å²) < 4.78 is 13.8. The van der Waals surface area contributed by atoms with Gasteiger partial charge in [-0.1, -0.05) is 12.1 Å². The molecule has 0 amide bonds. The van der Waals surface area contributed by atoms with Crippen molar-refractivity contribution in [2.24, 2.45) is 0 Å². The lowest BCUT2D eigenvalue weighted by atomic mass is 10.1. The molecule has 0 bridgehead atoms. The molecule has 6 heteroatoms. The molecule has 1 aromatic heterocycles. The Morgan fingerprint density at radius 3 is 2.52 bits per heavy atom. The van der Waals surface area contributed by atoms with E-state index in [9.17, 15) is 14.3 Å². The molecule has 2 aromatic rings. The topological polar surface area (TPSA) is 75.1 Å². The molecule has 0 saturated carbocycles. The number of aromatic carboxylic acids is 1. The van der Waals surface area contributed by atoms with Crippen molar-refractivity contribution in [3.63, 3.8) is 0 Å². The van der Waals surface area contributed by atoms with Crippen molar-refractivity contribution in [1.29, 1.82) is 0 Å². The van der Waals surface area contributed by atoms with E-state index in [2.05, 4.69) is 15.3 Å². The molecule has 0 fully saturated rings.